The summed E-state index contributed by atoms with van der Waals surface area (Å²) in [5.74, 6) is 0.744. The van der Waals surface area contributed by atoms with E-state index in [9.17, 15) is 5.11 Å². The Morgan fingerprint density at radius 3 is 2.26 bits per heavy atom. The van der Waals surface area contributed by atoms with Crippen LogP contribution >= 0.6 is 0 Å². The molecule has 0 saturated carbocycles. The second-order valence-electron chi connectivity index (χ2n) is 5.59. The molecule has 0 fully saturated rings. The van der Waals surface area contributed by atoms with E-state index in [1.54, 1.807) is 0 Å². The van der Waals surface area contributed by atoms with Crippen LogP contribution in [0.3, 0.4) is 0 Å². The number of hydrogen-bond acceptors (Lipinski definition) is 2. The van der Waals surface area contributed by atoms with Gasteiger partial charge in [-0.1, -0.05) is 57.5 Å². The minimum atomic E-state index is 0.163. The molecule has 1 rings (SSSR count). The van der Waals surface area contributed by atoms with Crippen LogP contribution in [0.15, 0.2) is 30.3 Å². The van der Waals surface area contributed by atoms with Gasteiger partial charge in [0.05, 0.1) is 6.61 Å². The zero-order valence-corrected chi connectivity index (χ0v) is 12.6. The van der Waals surface area contributed by atoms with Gasteiger partial charge in [-0.15, -0.1) is 0 Å². The van der Waals surface area contributed by atoms with E-state index in [-0.39, 0.29) is 12.6 Å². The number of benzene rings is 1. The number of aliphatic hydroxyl groups excluding tert-OH is 1. The van der Waals surface area contributed by atoms with E-state index in [1.165, 1.54) is 18.4 Å². The molecule has 108 valence electrons. The molecular weight excluding hydrogens is 234 g/mol. The molecule has 0 spiro atoms. The van der Waals surface area contributed by atoms with Crippen LogP contribution in [0.5, 0.6) is 0 Å². The third kappa shape index (κ3) is 6.22. The Balaban J connectivity index is 2.50. The highest BCUT2D eigenvalue weighted by Crippen LogP contribution is 2.13. The van der Waals surface area contributed by atoms with Gasteiger partial charge in [0.15, 0.2) is 0 Å². The predicted molar refractivity (Wildman–Crippen MR) is 82.3 cm³/mol. The molecular formula is C17H29NO. The summed E-state index contributed by atoms with van der Waals surface area (Å²) in [4.78, 5) is 0. The van der Waals surface area contributed by atoms with Gasteiger partial charge in [0.2, 0.25) is 0 Å². The summed E-state index contributed by atoms with van der Waals surface area (Å²) >= 11 is 0. The Kier molecular flexibility index (Phi) is 7.76. The molecule has 0 amide bonds. The lowest BCUT2D eigenvalue weighted by molar-refractivity contribution is 0.220. The van der Waals surface area contributed by atoms with Gasteiger partial charge < -0.3 is 10.4 Å². The van der Waals surface area contributed by atoms with Gasteiger partial charge in [-0.2, -0.15) is 0 Å². The number of nitrogens with one attached hydrogen (secondary N) is 1. The minimum absolute atomic E-state index is 0.163. The van der Waals surface area contributed by atoms with Gasteiger partial charge >= 0.3 is 0 Å². The lowest BCUT2D eigenvalue weighted by atomic mass is 9.96. The van der Waals surface area contributed by atoms with Crippen LogP contribution in [0.25, 0.3) is 0 Å². The summed E-state index contributed by atoms with van der Waals surface area (Å²) in [5, 5.41) is 13.2. The number of rotatable bonds is 9. The van der Waals surface area contributed by atoms with Crippen LogP contribution in [0, 0.1) is 5.92 Å². The first-order valence-corrected chi connectivity index (χ1v) is 7.60. The summed E-state index contributed by atoms with van der Waals surface area (Å²) < 4.78 is 0. The van der Waals surface area contributed by atoms with Gasteiger partial charge in [-0.3, -0.25) is 0 Å². The Morgan fingerprint density at radius 2 is 1.74 bits per heavy atom. The van der Waals surface area contributed by atoms with E-state index in [2.05, 4.69) is 50.4 Å². The minimum Gasteiger partial charge on any atom is -0.395 e. The maximum atomic E-state index is 9.56. The molecule has 1 aromatic rings. The third-order valence-electron chi connectivity index (χ3n) is 3.89. The highest BCUT2D eigenvalue weighted by atomic mass is 16.3. The maximum Gasteiger partial charge on any atom is 0.0587 e. The Bertz CT molecular complexity index is 325. The smallest absolute Gasteiger partial charge is 0.0587 e. The molecule has 2 N–H and O–H groups in total. The van der Waals surface area contributed by atoms with Crippen LogP contribution in [0.4, 0.5) is 0 Å². The molecule has 0 aliphatic heterocycles. The number of aliphatic hydroxyl groups is 1. The van der Waals surface area contributed by atoms with Crippen LogP contribution in [-0.2, 0) is 6.42 Å². The Hall–Kier alpha value is -0.860. The van der Waals surface area contributed by atoms with Crippen molar-refractivity contribution >= 4 is 0 Å². The van der Waals surface area contributed by atoms with Crippen molar-refractivity contribution in [3.05, 3.63) is 35.9 Å². The van der Waals surface area contributed by atoms with E-state index < -0.39 is 0 Å². The molecule has 0 aromatic heterocycles. The highest BCUT2D eigenvalue weighted by molar-refractivity contribution is 5.15. The molecule has 2 nitrogen and oxygen atoms in total. The van der Waals surface area contributed by atoms with E-state index in [4.69, 9.17) is 0 Å². The normalized spacial score (nSPS) is 16.0. The highest BCUT2D eigenvalue weighted by Gasteiger charge is 2.15. The van der Waals surface area contributed by atoms with Crippen LogP contribution < -0.4 is 5.32 Å². The molecule has 0 saturated heterocycles. The molecule has 0 heterocycles. The molecule has 0 aliphatic carbocycles. The van der Waals surface area contributed by atoms with Crippen molar-refractivity contribution in [3.63, 3.8) is 0 Å². The fourth-order valence-electron chi connectivity index (χ4n) is 2.41. The first-order chi connectivity index (χ1) is 9.19. The van der Waals surface area contributed by atoms with Gasteiger partial charge in [0, 0.05) is 12.1 Å². The predicted octanol–water partition coefficient (Wildman–Crippen LogP) is 3.39. The zero-order valence-electron chi connectivity index (χ0n) is 12.6. The first-order valence-electron chi connectivity index (χ1n) is 7.60. The molecule has 0 aliphatic rings. The van der Waals surface area contributed by atoms with Gasteiger partial charge in [-0.25, -0.2) is 0 Å². The molecule has 0 radical (unpaired) electrons. The average molecular weight is 263 g/mol. The second kappa shape index (κ2) is 9.11. The lowest BCUT2D eigenvalue weighted by Gasteiger charge is -2.26. The van der Waals surface area contributed by atoms with E-state index in [1.807, 2.05) is 6.07 Å². The molecule has 19 heavy (non-hydrogen) atoms. The van der Waals surface area contributed by atoms with E-state index >= 15 is 0 Å². The van der Waals surface area contributed by atoms with E-state index in [0.29, 0.717) is 6.04 Å². The van der Waals surface area contributed by atoms with Gasteiger partial charge in [-0.05, 0) is 30.7 Å². The summed E-state index contributed by atoms with van der Waals surface area (Å²) in [6.07, 6.45) is 4.43. The van der Waals surface area contributed by atoms with Crippen molar-refractivity contribution in [2.45, 2.75) is 58.5 Å². The van der Waals surface area contributed by atoms with Crippen molar-refractivity contribution < 1.29 is 5.11 Å². The molecule has 0 bridgehead atoms. The second-order valence-corrected chi connectivity index (χ2v) is 5.59. The van der Waals surface area contributed by atoms with Crippen molar-refractivity contribution in [1.82, 2.24) is 5.32 Å². The number of hydrogen-bond donors (Lipinski definition) is 2. The van der Waals surface area contributed by atoms with Crippen LogP contribution in [-0.4, -0.2) is 23.8 Å². The lowest BCUT2D eigenvalue weighted by Crippen LogP contribution is -2.42. The molecule has 3 atom stereocenters. The average Bonchev–Trinajstić information content (AvgIpc) is 2.46. The largest absolute Gasteiger partial charge is 0.395 e. The fraction of sp³-hybridized carbons (Fsp3) is 0.647. The monoisotopic (exact) mass is 263 g/mol. The zero-order chi connectivity index (χ0) is 14.1. The van der Waals surface area contributed by atoms with Crippen molar-refractivity contribution in [2.24, 2.45) is 5.92 Å². The first kappa shape index (κ1) is 16.2. The van der Waals surface area contributed by atoms with Crippen molar-refractivity contribution in [2.75, 3.05) is 6.61 Å². The standard InChI is InChI=1S/C17H29NO/c1-4-14(3)11-16(5-2)18-17(13-19)12-15-9-7-6-8-10-15/h6-10,14,16-19H,4-5,11-13H2,1-3H3. The summed E-state index contributed by atoms with van der Waals surface area (Å²) in [6, 6.07) is 11.1. The van der Waals surface area contributed by atoms with E-state index in [0.717, 1.165) is 18.8 Å². The molecule has 1 aromatic carbocycles. The fourth-order valence-corrected chi connectivity index (χ4v) is 2.41. The third-order valence-corrected chi connectivity index (χ3v) is 3.89. The van der Waals surface area contributed by atoms with Gasteiger partial charge in [0.25, 0.3) is 0 Å². The molecule has 3 unspecified atom stereocenters. The van der Waals surface area contributed by atoms with Crippen LogP contribution in [0.1, 0.15) is 45.6 Å². The van der Waals surface area contributed by atoms with Crippen LogP contribution in [0.2, 0.25) is 0 Å². The summed E-state index contributed by atoms with van der Waals surface area (Å²) in [6.45, 7) is 6.96. The van der Waals surface area contributed by atoms with Crippen molar-refractivity contribution in [3.8, 4) is 0 Å². The Morgan fingerprint density at radius 1 is 1.05 bits per heavy atom. The maximum absolute atomic E-state index is 9.56. The topological polar surface area (TPSA) is 32.3 Å². The Labute approximate surface area is 118 Å². The SMILES string of the molecule is CCC(C)CC(CC)NC(CO)Cc1ccccc1. The quantitative estimate of drug-likeness (QED) is 0.716. The van der Waals surface area contributed by atoms with Gasteiger partial charge in [0.1, 0.15) is 0 Å². The summed E-state index contributed by atoms with van der Waals surface area (Å²) in [7, 11) is 0. The molecule has 2 heteroatoms. The summed E-state index contributed by atoms with van der Waals surface area (Å²) in [5.41, 5.74) is 1.28. The van der Waals surface area contributed by atoms with Crippen molar-refractivity contribution in [1.29, 1.82) is 0 Å².